The Morgan fingerprint density at radius 2 is 1.16 bits per heavy atom. The van der Waals surface area contributed by atoms with Crippen molar-refractivity contribution in [2.45, 2.75) is 6.04 Å². The second-order valence-corrected chi connectivity index (χ2v) is 9.48. The lowest BCUT2D eigenvalue weighted by Gasteiger charge is -2.14. The molecule has 0 atom stereocenters. The molecule has 0 saturated carbocycles. The molecule has 0 unspecified atom stereocenters. The first-order chi connectivity index (χ1) is 12.4. The van der Waals surface area contributed by atoms with Crippen LogP contribution in [0.5, 0.6) is 0 Å². The standard InChI is InChI=1S/C23H19BrSi/c24-25-16-15-23(21-13-5-9-17-7-1-3-11-19(17)21)22-14-6-10-18-8-2-4-12-20(18)22/h1-15H,16,25H2. The molecule has 0 aliphatic rings. The van der Waals surface area contributed by atoms with Gasteiger partial charge in [-0.05, 0) is 44.3 Å². The number of halogens is 1. The topological polar surface area (TPSA) is 0 Å². The molecule has 0 saturated heterocycles. The van der Waals surface area contributed by atoms with Gasteiger partial charge in [0.1, 0.15) is 8.14 Å². The molecule has 0 fully saturated rings. The van der Waals surface area contributed by atoms with Crippen LogP contribution in [0.4, 0.5) is 0 Å². The van der Waals surface area contributed by atoms with E-state index in [4.69, 9.17) is 0 Å². The van der Waals surface area contributed by atoms with E-state index in [-0.39, 0.29) is 8.14 Å². The van der Waals surface area contributed by atoms with E-state index in [0.29, 0.717) is 0 Å². The van der Waals surface area contributed by atoms with Crippen molar-refractivity contribution in [1.82, 2.24) is 0 Å². The summed E-state index contributed by atoms with van der Waals surface area (Å²) in [5.41, 5.74) is 3.99. The van der Waals surface area contributed by atoms with Gasteiger partial charge in [0, 0.05) is 0 Å². The van der Waals surface area contributed by atoms with Gasteiger partial charge in [0.05, 0.1) is 0 Å². The van der Waals surface area contributed by atoms with Gasteiger partial charge in [-0.15, -0.1) is 15.3 Å². The summed E-state index contributed by atoms with van der Waals surface area (Å²) in [7, 11) is -0.205. The lowest BCUT2D eigenvalue weighted by molar-refractivity contribution is 1.58. The highest BCUT2D eigenvalue weighted by molar-refractivity contribution is 9.23. The van der Waals surface area contributed by atoms with Crippen molar-refractivity contribution in [3.05, 3.63) is 102 Å². The molecule has 0 N–H and O–H groups in total. The van der Waals surface area contributed by atoms with E-state index in [1.807, 2.05) is 0 Å². The Kier molecular flexibility index (Phi) is 4.82. The van der Waals surface area contributed by atoms with E-state index in [2.05, 4.69) is 106 Å². The number of rotatable bonds is 4. The van der Waals surface area contributed by atoms with Crippen LogP contribution in [0.2, 0.25) is 6.04 Å². The minimum Gasteiger partial charge on any atom is -0.135 e. The molecule has 0 bridgehead atoms. The zero-order valence-electron chi connectivity index (χ0n) is 14.0. The van der Waals surface area contributed by atoms with Crippen LogP contribution in [-0.2, 0) is 0 Å². The number of allylic oxidation sites excluding steroid dienone is 1. The van der Waals surface area contributed by atoms with Crippen LogP contribution >= 0.6 is 15.3 Å². The van der Waals surface area contributed by atoms with Crippen LogP contribution in [0.15, 0.2) is 91.0 Å². The van der Waals surface area contributed by atoms with Crippen LogP contribution < -0.4 is 0 Å². The van der Waals surface area contributed by atoms with Gasteiger partial charge in [0.25, 0.3) is 0 Å². The molecule has 0 radical (unpaired) electrons. The summed E-state index contributed by atoms with van der Waals surface area (Å²) >= 11 is 3.72. The van der Waals surface area contributed by atoms with Crippen molar-refractivity contribution in [3.8, 4) is 0 Å². The van der Waals surface area contributed by atoms with E-state index >= 15 is 0 Å². The predicted octanol–water partition coefficient (Wildman–Crippen LogP) is 6.32. The van der Waals surface area contributed by atoms with Gasteiger partial charge in [0.15, 0.2) is 0 Å². The molecule has 0 nitrogen and oxygen atoms in total. The molecule has 2 heteroatoms. The second-order valence-electron chi connectivity index (χ2n) is 6.15. The van der Waals surface area contributed by atoms with E-state index in [1.165, 1.54) is 38.2 Å². The molecule has 0 aliphatic carbocycles. The van der Waals surface area contributed by atoms with Crippen molar-refractivity contribution in [3.63, 3.8) is 0 Å². The number of hydrogen-bond acceptors (Lipinski definition) is 0. The molecule has 4 rings (SSSR count). The molecule has 0 aromatic heterocycles. The van der Waals surface area contributed by atoms with Crippen LogP contribution in [0.1, 0.15) is 11.1 Å². The van der Waals surface area contributed by atoms with Crippen LogP contribution in [0.25, 0.3) is 27.1 Å². The Bertz CT molecular complexity index is 974. The molecule has 25 heavy (non-hydrogen) atoms. The van der Waals surface area contributed by atoms with Gasteiger partial charge in [-0.3, -0.25) is 0 Å². The molecular formula is C23H19BrSi. The summed E-state index contributed by atoms with van der Waals surface area (Å²) in [5, 5.41) is 5.23. The van der Waals surface area contributed by atoms with Gasteiger partial charge >= 0.3 is 0 Å². The van der Waals surface area contributed by atoms with Crippen molar-refractivity contribution >= 4 is 50.5 Å². The van der Waals surface area contributed by atoms with Gasteiger partial charge in [0.2, 0.25) is 0 Å². The molecule has 0 amide bonds. The van der Waals surface area contributed by atoms with Gasteiger partial charge in [-0.25, -0.2) is 0 Å². The lowest BCUT2D eigenvalue weighted by atomic mass is 9.90. The Morgan fingerprint density at radius 1 is 0.680 bits per heavy atom. The highest BCUT2D eigenvalue weighted by atomic mass is 79.9. The highest BCUT2D eigenvalue weighted by Crippen LogP contribution is 2.34. The zero-order valence-corrected chi connectivity index (χ0v) is 17.0. The molecule has 4 aromatic carbocycles. The second kappa shape index (κ2) is 7.38. The molecule has 0 heterocycles. The van der Waals surface area contributed by atoms with E-state index in [1.54, 1.807) is 0 Å². The van der Waals surface area contributed by atoms with Crippen LogP contribution in [0.3, 0.4) is 0 Å². The first kappa shape index (κ1) is 16.3. The van der Waals surface area contributed by atoms with Gasteiger partial charge in [-0.1, -0.05) is 91.0 Å². The third-order valence-electron chi connectivity index (χ3n) is 4.62. The fourth-order valence-electron chi connectivity index (χ4n) is 3.48. The molecule has 4 aromatic rings. The normalized spacial score (nSPS) is 11.4. The average molecular weight is 403 g/mol. The summed E-state index contributed by atoms with van der Waals surface area (Å²) in [4.78, 5) is 0. The average Bonchev–Trinajstić information content (AvgIpc) is 2.68. The smallest absolute Gasteiger partial charge is 0.102 e. The van der Waals surface area contributed by atoms with E-state index in [9.17, 15) is 0 Å². The van der Waals surface area contributed by atoms with Gasteiger partial charge < -0.3 is 0 Å². The zero-order chi connectivity index (χ0) is 17.1. The van der Waals surface area contributed by atoms with Crippen molar-refractivity contribution in [2.75, 3.05) is 0 Å². The third kappa shape index (κ3) is 3.20. The highest BCUT2D eigenvalue weighted by Gasteiger charge is 2.11. The maximum Gasteiger partial charge on any atom is 0.102 e. The van der Waals surface area contributed by atoms with Gasteiger partial charge in [-0.2, -0.15) is 0 Å². The SMILES string of the molecule is Br[SiH2]CC=C(c1cccc2ccccc12)c1cccc2ccccc12. The summed E-state index contributed by atoms with van der Waals surface area (Å²) < 4.78 is 0. The third-order valence-corrected chi connectivity index (χ3v) is 6.50. The Balaban J connectivity index is 2.01. The fraction of sp³-hybridized carbons (Fsp3) is 0.0435. The predicted molar refractivity (Wildman–Crippen MR) is 117 cm³/mol. The largest absolute Gasteiger partial charge is 0.135 e. The Labute approximate surface area is 158 Å². The molecule has 122 valence electrons. The maximum atomic E-state index is 3.72. The minimum atomic E-state index is -0.205. The Hall–Kier alpha value is -2.16. The molecule has 0 spiro atoms. The van der Waals surface area contributed by atoms with Crippen molar-refractivity contribution < 1.29 is 0 Å². The maximum absolute atomic E-state index is 3.72. The van der Waals surface area contributed by atoms with Crippen molar-refractivity contribution in [2.24, 2.45) is 0 Å². The molecule has 0 aliphatic heterocycles. The summed E-state index contributed by atoms with van der Waals surface area (Å²) in [6.45, 7) is 0. The first-order valence-electron chi connectivity index (χ1n) is 8.61. The number of hydrogen-bond donors (Lipinski definition) is 0. The Morgan fingerprint density at radius 3 is 1.68 bits per heavy atom. The van der Waals surface area contributed by atoms with Crippen LogP contribution in [0, 0.1) is 0 Å². The first-order valence-corrected chi connectivity index (χ1v) is 13.5. The quantitative estimate of drug-likeness (QED) is 0.276. The van der Waals surface area contributed by atoms with Crippen molar-refractivity contribution in [1.29, 1.82) is 0 Å². The monoisotopic (exact) mass is 402 g/mol. The summed E-state index contributed by atoms with van der Waals surface area (Å²) in [6.07, 6.45) is 2.42. The summed E-state index contributed by atoms with van der Waals surface area (Å²) in [5.74, 6) is 0. The minimum absolute atomic E-state index is 0.205. The molecular weight excluding hydrogens is 384 g/mol. The lowest BCUT2D eigenvalue weighted by Crippen LogP contribution is -1.92. The van der Waals surface area contributed by atoms with E-state index < -0.39 is 0 Å². The van der Waals surface area contributed by atoms with E-state index in [0.717, 1.165) is 6.04 Å². The number of fused-ring (bicyclic) bond motifs is 2. The summed E-state index contributed by atoms with van der Waals surface area (Å²) in [6, 6.07) is 31.7. The fourth-order valence-corrected chi connectivity index (χ4v) is 4.57. The van der Waals surface area contributed by atoms with Crippen LogP contribution in [-0.4, -0.2) is 8.14 Å². The number of benzene rings is 4.